The smallest absolute Gasteiger partial charge is 0.267 e. The summed E-state index contributed by atoms with van der Waals surface area (Å²) >= 11 is 0. The van der Waals surface area contributed by atoms with Gasteiger partial charge in [0.05, 0.1) is 6.20 Å². The molecule has 0 fully saturated rings. The maximum Gasteiger partial charge on any atom is 0.267 e. The average Bonchev–Trinajstić information content (AvgIpc) is 2.76. The van der Waals surface area contributed by atoms with Gasteiger partial charge in [0, 0.05) is 17.8 Å². The largest absolute Gasteiger partial charge is 0.365 e. The van der Waals surface area contributed by atoms with E-state index in [1.165, 1.54) is 6.08 Å². The van der Waals surface area contributed by atoms with Crippen LogP contribution in [0.15, 0.2) is 30.6 Å². The standard InChI is InChI=1S/C14H18N4O2/c1-14(2,3)16-12-8-15-11-6-4-10(9-18(11)12)5-7-13(19)17-20/h4-9,16,20H,1-3H3,(H,17,19). The third kappa shape index (κ3) is 3.36. The van der Waals surface area contributed by atoms with Gasteiger partial charge in [-0.05, 0) is 44.5 Å². The Hall–Kier alpha value is -2.34. The molecule has 0 bridgehead atoms. The van der Waals surface area contributed by atoms with E-state index in [1.807, 2.05) is 22.7 Å². The van der Waals surface area contributed by atoms with Crippen molar-refractivity contribution in [2.45, 2.75) is 26.3 Å². The van der Waals surface area contributed by atoms with Crippen molar-refractivity contribution in [1.29, 1.82) is 0 Å². The van der Waals surface area contributed by atoms with E-state index in [-0.39, 0.29) is 5.54 Å². The number of anilines is 1. The minimum absolute atomic E-state index is 0.0709. The van der Waals surface area contributed by atoms with E-state index in [9.17, 15) is 4.79 Å². The number of nitrogens with zero attached hydrogens (tertiary/aromatic N) is 2. The van der Waals surface area contributed by atoms with E-state index >= 15 is 0 Å². The van der Waals surface area contributed by atoms with Gasteiger partial charge in [0.15, 0.2) is 0 Å². The van der Waals surface area contributed by atoms with Gasteiger partial charge in [-0.25, -0.2) is 10.5 Å². The van der Waals surface area contributed by atoms with Crippen LogP contribution in [0.4, 0.5) is 5.82 Å². The summed E-state index contributed by atoms with van der Waals surface area (Å²) in [7, 11) is 0. The van der Waals surface area contributed by atoms with Crippen LogP contribution in [0.1, 0.15) is 26.3 Å². The van der Waals surface area contributed by atoms with Crippen LogP contribution in [0, 0.1) is 0 Å². The van der Waals surface area contributed by atoms with E-state index in [2.05, 4.69) is 31.1 Å². The van der Waals surface area contributed by atoms with Crippen LogP contribution in [-0.2, 0) is 4.79 Å². The lowest BCUT2D eigenvalue weighted by molar-refractivity contribution is -0.124. The van der Waals surface area contributed by atoms with Crippen molar-refractivity contribution in [2.75, 3.05) is 5.32 Å². The second kappa shape index (κ2) is 5.34. The molecule has 0 aliphatic heterocycles. The molecule has 2 aromatic heterocycles. The first-order valence-corrected chi connectivity index (χ1v) is 6.26. The molecule has 0 spiro atoms. The fourth-order valence-corrected chi connectivity index (χ4v) is 1.78. The minimum atomic E-state index is -0.566. The molecule has 2 heterocycles. The van der Waals surface area contributed by atoms with Gasteiger partial charge in [0.25, 0.3) is 5.91 Å². The SMILES string of the molecule is CC(C)(C)Nc1cnc2ccc(C=CC(=O)NO)cn12. The van der Waals surface area contributed by atoms with Crippen molar-refractivity contribution in [3.63, 3.8) is 0 Å². The monoisotopic (exact) mass is 274 g/mol. The summed E-state index contributed by atoms with van der Waals surface area (Å²) in [5, 5.41) is 11.8. The predicted molar refractivity (Wildman–Crippen MR) is 77.5 cm³/mol. The van der Waals surface area contributed by atoms with E-state index in [1.54, 1.807) is 17.8 Å². The molecule has 2 rings (SSSR count). The summed E-state index contributed by atoms with van der Waals surface area (Å²) in [6.45, 7) is 6.21. The second-order valence-electron chi connectivity index (χ2n) is 5.52. The van der Waals surface area contributed by atoms with E-state index in [4.69, 9.17) is 5.21 Å². The van der Waals surface area contributed by atoms with Gasteiger partial charge in [-0.3, -0.25) is 14.4 Å². The third-order valence-corrected chi connectivity index (χ3v) is 2.57. The van der Waals surface area contributed by atoms with Crippen LogP contribution >= 0.6 is 0 Å². The summed E-state index contributed by atoms with van der Waals surface area (Å²) in [5.74, 6) is 0.318. The lowest BCUT2D eigenvalue weighted by Crippen LogP contribution is -2.26. The van der Waals surface area contributed by atoms with Gasteiger partial charge in [-0.15, -0.1) is 0 Å². The van der Waals surface area contributed by atoms with Crippen molar-refractivity contribution in [1.82, 2.24) is 14.9 Å². The highest BCUT2D eigenvalue weighted by atomic mass is 16.5. The maximum absolute atomic E-state index is 11.0. The highest BCUT2D eigenvalue weighted by Gasteiger charge is 2.12. The van der Waals surface area contributed by atoms with Crippen molar-refractivity contribution in [3.05, 3.63) is 36.2 Å². The molecule has 0 aliphatic carbocycles. The predicted octanol–water partition coefficient (Wildman–Crippen LogP) is 2.06. The van der Waals surface area contributed by atoms with Crippen LogP contribution in [0.5, 0.6) is 0 Å². The second-order valence-corrected chi connectivity index (χ2v) is 5.52. The molecule has 0 aromatic carbocycles. The molecular formula is C14H18N4O2. The van der Waals surface area contributed by atoms with Crippen molar-refractivity contribution in [3.8, 4) is 0 Å². The van der Waals surface area contributed by atoms with Gasteiger partial charge in [-0.2, -0.15) is 0 Å². The molecule has 0 unspecified atom stereocenters. The van der Waals surface area contributed by atoms with Crippen LogP contribution in [0.25, 0.3) is 11.7 Å². The average molecular weight is 274 g/mol. The van der Waals surface area contributed by atoms with E-state index < -0.39 is 5.91 Å². The summed E-state index contributed by atoms with van der Waals surface area (Å²) in [6.07, 6.45) is 6.52. The number of fused-ring (bicyclic) bond motifs is 1. The summed E-state index contributed by atoms with van der Waals surface area (Å²) in [5.41, 5.74) is 3.13. The van der Waals surface area contributed by atoms with Gasteiger partial charge >= 0.3 is 0 Å². The number of imidazole rings is 1. The number of rotatable bonds is 3. The first kappa shape index (κ1) is 14.1. The van der Waals surface area contributed by atoms with Crippen molar-refractivity contribution < 1.29 is 10.0 Å². The molecule has 3 N–H and O–H groups in total. The van der Waals surface area contributed by atoms with Crippen LogP contribution in [0.2, 0.25) is 0 Å². The van der Waals surface area contributed by atoms with Crippen LogP contribution in [-0.4, -0.2) is 26.0 Å². The zero-order chi connectivity index (χ0) is 14.8. The molecule has 1 amide bonds. The minimum Gasteiger partial charge on any atom is -0.365 e. The molecule has 0 atom stereocenters. The molecule has 0 aliphatic rings. The lowest BCUT2D eigenvalue weighted by Gasteiger charge is -2.21. The topological polar surface area (TPSA) is 78.7 Å². The molecule has 0 radical (unpaired) electrons. The van der Waals surface area contributed by atoms with Crippen LogP contribution < -0.4 is 10.8 Å². The Morgan fingerprint density at radius 1 is 1.40 bits per heavy atom. The van der Waals surface area contributed by atoms with Crippen LogP contribution in [0.3, 0.4) is 0 Å². The summed E-state index contributed by atoms with van der Waals surface area (Å²) in [4.78, 5) is 15.3. The summed E-state index contributed by atoms with van der Waals surface area (Å²) in [6, 6.07) is 3.72. The first-order chi connectivity index (χ1) is 9.39. The molecule has 6 heteroatoms. The molecule has 0 saturated heterocycles. The first-order valence-electron chi connectivity index (χ1n) is 6.26. The normalized spacial score (nSPS) is 12.0. The Morgan fingerprint density at radius 2 is 2.15 bits per heavy atom. The van der Waals surface area contributed by atoms with E-state index in [0.717, 1.165) is 17.0 Å². The van der Waals surface area contributed by atoms with Gasteiger partial charge in [-0.1, -0.05) is 0 Å². The lowest BCUT2D eigenvalue weighted by atomic mass is 10.1. The number of pyridine rings is 1. The molecule has 6 nitrogen and oxygen atoms in total. The highest BCUT2D eigenvalue weighted by Crippen LogP contribution is 2.18. The fourth-order valence-electron chi connectivity index (χ4n) is 1.78. The van der Waals surface area contributed by atoms with E-state index in [0.29, 0.717) is 0 Å². The zero-order valence-corrected chi connectivity index (χ0v) is 11.7. The Morgan fingerprint density at radius 3 is 2.80 bits per heavy atom. The van der Waals surface area contributed by atoms with Crippen molar-refractivity contribution in [2.24, 2.45) is 0 Å². The van der Waals surface area contributed by atoms with Gasteiger partial charge < -0.3 is 5.32 Å². The Bertz CT molecular complexity index is 653. The Kier molecular flexibility index (Phi) is 3.76. The van der Waals surface area contributed by atoms with Gasteiger partial charge in [0.1, 0.15) is 11.5 Å². The third-order valence-electron chi connectivity index (χ3n) is 2.57. The quantitative estimate of drug-likeness (QED) is 0.455. The molecule has 106 valence electrons. The molecule has 2 aromatic rings. The zero-order valence-electron chi connectivity index (χ0n) is 11.7. The Balaban J connectivity index is 2.34. The fraction of sp³-hybridized carbons (Fsp3) is 0.286. The maximum atomic E-state index is 11.0. The summed E-state index contributed by atoms with van der Waals surface area (Å²) < 4.78 is 1.92. The van der Waals surface area contributed by atoms with Crippen molar-refractivity contribution >= 4 is 23.4 Å². The number of carbonyl (C=O) groups excluding carboxylic acids is 1. The Labute approximate surface area is 117 Å². The van der Waals surface area contributed by atoms with Gasteiger partial charge in [0.2, 0.25) is 0 Å². The number of hydrogen-bond acceptors (Lipinski definition) is 4. The number of hydroxylamine groups is 1. The number of aromatic nitrogens is 2. The number of amides is 1. The number of nitrogens with one attached hydrogen (secondary N) is 2. The number of carbonyl (C=O) groups is 1. The number of hydrogen-bond donors (Lipinski definition) is 3. The molecule has 20 heavy (non-hydrogen) atoms. The highest BCUT2D eigenvalue weighted by molar-refractivity contribution is 5.90. The molecular weight excluding hydrogens is 256 g/mol. The molecule has 0 saturated carbocycles.